The van der Waals surface area contributed by atoms with E-state index in [4.69, 9.17) is 0 Å². The summed E-state index contributed by atoms with van der Waals surface area (Å²) in [5.74, 6) is 11.0. The molecule has 0 N–H and O–H groups in total. The van der Waals surface area contributed by atoms with E-state index in [2.05, 4.69) is 165 Å². The summed E-state index contributed by atoms with van der Waals surface area (Å²) in [7, 11) is 17.2. The Hall–Kier alpha value is 0.220. The van der Waals surface area contributed by atoms with Crippen LogP contribution in [0.3, 0.4) is 0 Å². The molecule has 0 aromatic carbocycles. The topological polar surface area (TPSA) is 25.9 Å². The van der Waals surface area contributed by atoms with Gasteiger partial charge in [0.05, 0.1) is 0 Å². The molecule has 10 heteroatoms. The summed E-state index contributed by atoms with van der Waals surface area (Å²) in [6, 6.07) is 6.10. The van der Waals surface area contributed by atoms with Gasteiger partial charge in [0.15, 0.2) is 0 Å². The van der Waals surface area contributed by atoms with Crippen LogP contribution in [0.5, 0.6) is 0 Å². The molecule has 0 radical (unpaired) electrons. The largest absolute Gasteiger partial charge is 0.306 e. The van der Waals surface area contributed by atoms with Gasteiger partial charge in [-0.1, -0.05) is 509 Å². The van der Waals surface area contributed by atoms with E-state index in [0.717, 1.165) is 65.1 Å². The van der Waals surface area contributed by atoms with Crippen LogP contribution in [0.4, 0.5) is 0 Å². The second kappa shape index (κ2) is 101. The van der Waals surface area contributed by atoms with Crippen LogP contribution in [0.25, 0.3) is 0 Å². The van der Waals surface area contributed by atoms with Gasteiger partial charge in [-0.3, -0.25) is 0 Å². The van der Waals surface area contributed by atoms with Crippen LogP contribution in [0.15, 0.2) is 53.7 Å². The van der Waals surface area contributed by atoms with Gasteiger partial charge in [0.2, 0.25) is 0 Å². The van der Waals surface area contributed by atoms with Crippen LogP contribution < -0.4 is 0 Å². The molecule has 0 bridgehead atoms. The number of aromatic nitrogens is 1. The molecule has 6 unspecified atom stereocenters. The van der Waals surface area contributed by atoms with E-state index in [1.807, 2.05) is 23.1 Å². The predicted octanol–water partition coefficient (Wildman–Crippen LogP) is 38.8. The van der Waals surface area contributed by atoms with Gasteiger partial charge in [-0.05, 0) is 203 Å². The van der Waals surface area contributed by atoms with Crippen molar-refractivity contribution in [3.8, 4) is 0 Å². The molecule has 6 atom stereocenters. The van der Waals surface area contributed by atoms with E-state index < -0.39 is 0 Å². The Morgan fingerprint density at radius 2 is 0.532 bits per heavy atom. The number of nitrogens with zero attached hydrogens (tertiary/aromatic N) is 5. The van der Waals surface area contributed by atoms with E-state index in [1.54, 1.807) is 49.3 Å². The Labute approximate surface area is 803 Å². The van der Waals surface area contributed by atoms with Crippen molar-refractivity contribution in [1.29, 1.82) is 0 Å². The zero-order valence-corrected chi connectivity index (χ0v) is 90.0. The molecule has 3 rings (SSSR count). The van der Waals surface area contributed by atoms with Crippen LogP contribution in [-0.2, 0) is 0 Å². The Bertz CT molecular complexity index is 2220. The van der Waals surface area contributed by atoms with E-state index >= 15 is 0 Å². The van der Waals surface area contributed by atoms with Crippen LogP contribution in [-0.4, -0.2) is 128 Å². The average molecular weight is 1820 g/mol. The fraction of sp³-hybridized carbons (Fsp3) is 0.921. The van der Waals surface area contributed by atoms with Gasteiger partial charge in [-0.25, -0.2) is 4.98 Å². The highest BCUT2D eigenvalue weighted by atomic mass is 33.1. The summed E-state index contributed by atoms with van der Waals surface area (Å²) >= 11 is 4.41. The summed E-state index contributed by atoms with van der Waals surface area (Å²) in [6.45, 7) is 23.7. The zero-order valence-electron chi connectivity index (χ0n) is 85.8. The molecule has 0 aliphatic heterocycles. The number of hydrogen-bond acceptors (Lipinski definition) is 10. The summed E-state index contributed by atoms with van der Waals surface area (Å²) in [4.78, 5) is 14.5. The number of rotatable bonds is 99. The SMILES string of the molecule is CCCCCCCC/C=C\CCCCCCCCCN(C)CCSSc1ccccn1.CCCCCCCC/C=C\CCCCCCCCN(C)CCSSCCN(C)CCC(CCCCCCCCC)CCCCCCCC1CC1CCCCCCCC.CCCCCCCCCC(CCCCCCCC1CC1CCCCCCCC)CCN(C)CCS. The molecule has 0 amide bonds. The zero-order chi connectivity index (χ0) is 89.5. The lowest BCUT2D eigenvalue weighted by Crippen LogP contribution is -2.24. The minimum absolute atomic E-state index is 0.955. The number of thiol groups is 1. The fourth-order valence-electron chi connectivity index (χ4n) is 18.8. The molecule has 0 spiro atoms. The van der Waals surface area contributed by atoms with Crippen LogP contribution in [0.2, 0.25) is 0 Å². The summed E-state index contributed by atoms with van der Waals surface area (Å²) in [5.41, 5.74) is 0. The standard InChI is InChI=1S/C54H108N2S2.C33H67NS.C27H48N2S2/c1-6-9-12-15-18-19-20-21-22-23-24-25-26-28-34-39-45-55(4)47-49-57-58-50-48-56(5)46-44-52(40-35-30-27-16-13-10-7-2)41-36-31-29-33-38-43-54-51-53(54)42-37-32-17-14-11-8-3;1-4-6-8-10-12-14-18-22-31(26-27-34(3)28-29-35)23-19-15-13-17-21-25-33-30-32(33)24-20-16-11-9-7-5-2;1-3-4-5-6-7-8-9-10-11-12-13-14-15-16-17-18-21-24-29(2)25-26-30-31-27-22-19-20-23-28-27/h21-22,52-54H,6-20,23-51H2,1-5H3;31-33,35H,4-30H2,1-3H3;10-11,19-20,22-23H,3-9,12-18,21,24-26H2,1-2H3/b22-21-;;11-10-. The normalized spacial score (nSPS) is 15.7. The molecule has 734 valence electrons. The van der Waals surface area contributed by atoms with Gasteiger partial charge in [0, 0.05) is 55.4 Å². The second-order valence-corrected chi connectivity index (χ2v) is 45.9. The van der Waals surface area contributed by atoms with Gasteiger partial charge in [0.1, 0.15) is 5.03 Å². The Kier molecular flexibility index (Phi) is 99.2. The van der Waals surface area contributed by atoms with Gasteiger partial charge in [0.25, 0.3) is 0 Å². The molecule has 2 aliphatic carbocycles. The lowest BCUT2D eigenvalue weighted by molar-refractivity contribution is 0.290. The first-order valence-electron chi connectivity index (χ1n) is 56.2. The molecule has 5 nitrogen and oxygen atoms in total. The molecule has 2 aliphatic rings. The smallest absolute Gasteiger partial charge is 0.106 e. The number of hydrogen-bond donors (Lipinski definition) is 1. The van der Waals surface area contributed by atoms with Crippen molar-refractivity contribution in [1.82, 2.24) is 24.6 Å². The summed E-state index contributed by atoms with van der Waals surface area (Å²) < 4.78 is 0. The molecular formula is C114H223N5S5. The minimum atomic E-state index is 0.955. The van der Waals surface area contributed by atoms with Crippen LogP contribution >= 0.6 is 55.8 Å². The molecule has 0 saturated heterocycles. The van der Waals surface area contributed by atoms with Crippen molar-refractivity contribution in [3.05, 3.63) is 48.7 Å². The highest BCUT2D eigenvalue weighted by Crippen LogP contribution is 2.47. The Morgan fingerprint density at radius 3 is 0.815 bits per heavy atom. The quantitative estimate of drug-likeness (QED) is 0.0296. The molecule has 1 heterocycles. The van der Waals surface area contributed by atoms with Crippen molar-refractivity contribution in [3.63, 3.8) is 0 Å². The minimum Gasteiger partial charge on any atom is -0.306 e. The molecule has 124 heavy (non-hydrogen) atoms. The van der Waals surface area contributed by atoms with Crippen LogP contribution in [0, 0.1) is 35.5 Å². The van der Waals surface area contributed by atoms with Crippen molar-refractivity contribution >= 4 is 55.8 Å². The molecule has 1 aromatic heterocycles. The first kappa shape index (κ1) is 122. The maximum Gasteiger partial charge on any atom is 0.106 e. The van der Waals surface area contributed by atoms with E-state index in [-0.39, 0.29) is 0 Å². The first-order valence-corrected chi connectivity index (χ1v) is 61.7. The lowest BCUT2D eigenvalue weighted by Gasteiger charge is -2.22. The summed E-state index contributed by atoms with van der Waals surface area (Å²) in [5, 5.41) is 1.11. The number of unbranched alkanes of at least 4 members (excludes halogenated alkanes) is 55. The summed E-state index contributed by atoms with van der Waals surface area (Å²) in [6.07, 6.45) is 123. The first-order chi connectivity index (χ1) is 61.1. The van der Waals surface area contributed by atoms with Crippen molar-refractivity contribution in [2.45, 2.75) is 541 Å². The molecule has 1 aromatic rings. The maximum atomic E-state index is 4.41. The van der Waals surface area contributed by atoms with E-state index in [9.17, 15) is 0 Å². The van der Waals surface area contributed by atoms with Gasteiger partial charge < -0.3 is 19.6 Å². The Balaban J connectivity index is 0.000000995. The highest BCUT2D eigenvalue weighted by Gasteiger charge is 2.36. The van der Waals surface area contributed by atoms with Gasteiger partial charge in [-0.2, -0.15) is 12.6 Å². The lowest BCUT2D eigenvalue weighted by atomic mass is 9.91. The predicted molar refractivity (Wildman–Crippen MR) is 580 cm³/mol. The van der Waals surface area contributed by atoms with Crippen molar-refractivity contribution in [2.75, 3.05) is 104 Å². The third-order valence-electron chi connectivity index (χ3n) is 28.0. The third-order valence-corrected chi connectivity index (χ3v) is 32.8. The third kappa shape index (κ3) is 91.3. The monoisotopic (exact) mass is 1820 g/mol. The maximum absolute atomic E-state index is 4.41. The van der Waals surface area contributed by atoms with E-state index in [1.165, 1.54) is 507 Å². The highest BCUT2D eigenvalue weighted by molar-refractivity contribution is 8.77. The second-order valence-electron chi connectivity index (χ2n) is 40.3. The Morgan fingerprint density at radius 1 is 0.282 bits per heavy atom. The van der Waals surface area contributed by atoms with Crippen molar-refractivity contribution in [2.24, 2.45) is 35.5 Å². The molecular weight excluding hydrogens is 1600 g/mol. The van der Waals surface area contributed by atoms with Gasteiger partial charge >= 0.3 is 0 Å². The van der Waals surface area contributed by atoms with Gasteiger partial charge in [-0.15, -0.1) is 0 Å². The van der Waals surface area contributed by atoms with E-state index in [0.29, 0.717) is 0 Å². The van der Waals surface area contributed by atoms with Crippen LogP contribution in [0.1, 0.15) is 536 Å². The number of pyridine rings is 1. The molecule has 2 saturated carbocycles. The molecule has 2 fully saturated rings. The fourth-order valence-corrected chi connectivity index (χ4v) is 23.3. The average Bonchev–Trinajstić information content (AvgIpc) is 1.71. The number of allylic oxidation sites excluding steroid dienone is 4. The van der Waals surface area contributed by atoms with Crippen molar-refractivity contribution < 1.29 is 0 Å².